The highest BCUT2D eigenvalue weighted by Gasteiger charge is 2.22. The molecule has 5 N–H and O–H groups in total. The molecule has 144 valence electrons. The van der Waals surface area contributed by atoms with Crippen LogP contribution in [-0.2, 0) is 4.79 Å². The zero-order chi connectivity index (χ0) is 19.5. The number of hydrogen-bond acceptors (Lipinski definition) is 3. The van der Waals surface area contributed by atoms with Crippen molar-refractivity contribution >= 4 is 12.0 Å². The first-order chi connectivity index (χ1) is 13.1. The summed E-state index contributed by atoms with van der Waals surface area (Å²) in [5, 5.41) is 14.2. The summed E-state index contributed by atoms with van der Waals surface area (Å²) in [5.74, 6) is -0.322. The number of nitrogens with one attached hydrogen (secondary N) is 2. The topological polar surface area (TPSA) is 104 Å². The highest BCUT2D eigenvalue weighted by atomic mass is 16.4. The molecular formula is C21H27N3O3. The lowest BCUT2D eigenvalue weighted by molar-refractivity contribution is -0.123. The lowest BCUT2D eigenvalue weighted by Gasteiger charge is -2.21. The van der Waals surface area contributed by atoms with Crippen LogP contribution < -0.4 is 16.4 Å². The molecule has 2 aromatic carbocycles. The van der Waals surface area contributed by atoms with E-state index in [1.807, 2.05) is 60.7 Å². The Balaban J connectivity index is 2.08. The molecule has 6 nitrogen and oxygen atoms in total. The van der Waals surface area contributed by atoms with E-state index in [0.29, 0.717) is 25.9 Å². The van der Waals surface area contributed by atoms with Crippen molar-refractivity contribution in [3.63, 3.8) is 0 Å². The summed E-state index contributed by atoms with van der Waals surface area (Å²) in [6.07, 6.45) is 0.666. The van der Waals surface area contributed by atoms with Gasteiger partial charge in [0.2, 0.25) is 5.91 Å². The fraction of sp³-hybridized carbons (Fsp3) is 0.333. The van der Waals surface area contributed by atoms with Gasteiger partial charge in [-0.2, -0.15) is 0 Å². The van der Waals surface area contributed by atoms with E-state index in [2.05, 4.69) is 10.6 Å². The number of benzene rings is 2. The predicted molar refractivity (Wildman–Crippen MR) is 106 cm³/mol. The third-order valence-corrected chi connectivity index (χ3v) is 4.45. The molecule has 2 rings (SSSR count). The Bertz CT molecular complexity index is 668. The monoisotopic (exact) mass is 369 g/mol. The maximum absolute atomic E-state index is 12.6. The van der Waals surface area contributed by atoms with E-state index >= 15 is 0 Å². The second kappa shape index (κ2) is 11.0. The van der Waals surface area contributed by atoms with Crippen molar-refractivity contribution in [1.82, 2.24) is 10.6 Å². The minimum absolute atomic E-state index is 0.00845. The molecule has 0 heterocycles. The summed E-state index contributed by atoms with van der Waals surface area (Å²) in [5.41, 5.74) is 7.67. The van der Waals surface area contributed by atoms with Crippen molar-refractivity contribution in [3.05, 3.63) is 71.8 Å². The summed E-state index contributed by atoms with van der Waals surface area (Å²) in [6, 6.07) is 19.1. The predicted octanol–water partition coefficient (Wildman–Crippen LogP) is 2.70. The number of carboxylic acid groups (broad SMARTS) is 1. The van der Waals surface area contributed by atoms with Crippen molar-refractivity contribution in [1.29, 1.82) is 0 Å². The zero-order valence-corrected chi connectivity index (χ0v) is 15.3. The molecule has 0 bridgehead atoms. The van der Waals surface area contributed by atoms with Gasteiger partial charge < -0.3 is 21.5 Å². The number of hydrogen-bond donors (Lipinski definition) is 4. The molecule has 0 saturated heterocycles. The summed E-state index contributed by atoms with van der Waals surface area (Å²) < 4.78 is 0. The molecule has 0 spiro atoms. The quantitative estimate of drug-likeness (QED) is 0.483. The van der Waals surface area contributed by atoms with Gasteiger partial charge in [-0.1, -0.05) is 60.7 Å². The van der Waals surface area contributed by atoms with Crippen LogP contribution in [0.1, 0.15) is 36.3 Å². The first-order valence-corrected chi connectivity index (χ1v) is 9.19. The van der Waals surface area contributed by atoms with Gasteiger partial charge in [0.1, 0.15) is 6.04 Å². The SMILES string of the molecule is NCCCCC(NC(=O)O)C(=O)NCC(c1ccccc1)c1ccccc1. The number of carbonyl (C=O) groups excluding carboxylic acids is 1. The minimum atomic E-state index is -1.20. The van der Waals surface area contributed by atoms with E-state index in [1.54, 1.807) is 0 Å². The van der Waals surface area contributed by atoms with Crippen molar-refractivity contribution in [2.75, 3.05) is 13.1 Å². The van der Waals surface area contributed by atoms with Crippen molar-refractivity contribution in [2.45, 2.75) is 31.2 Å². The van der Waals surface area contributed by atoms with Crippen molar-refractivity contribution < 1.29 is 14.7 Å². The van der Waals surface area contributed by atoms with Gasteiger partial charge in [-0.25, -0.2) is 4.79 Å². The van der Waals surface area contributed by atoms with Gasteiger partial charge in [0.15, 0.2) is 0 Å². The van der Waals surface area contributed by atoms with E-state index in [1.165, 1.54) is 0 Å². The van der Waals surface area contributed by atoms with E-state index in [4.69, 9.17) is 10.8 Å². The third-order valence-electron chi connectivity index (χ3n) is 4.45. The van der Waals surface area contributed by atoms with Crippen molar-refractivity contribution in [2.24, 2.45) is 5.73 Å². The summed E-state index contributed by atoms with van der Waals surface area (Å²) >= 11 is 0. The van der Waals surface area contributed by atoms with Crippen LogP contribution in [0, 0.1) is 0 Å². The molecule has 0 aliphatic rings. The highest BCUT2D eigenvalue weighted by molar-refractivity contribution is 5.85. The van der Waals surface area contributed by atoms with E-state index in [9.17, 15) is 9.59 Å². The van der Waals surface area contributed by atoms with E-state index in [-0.39, 0.29) is 11.8 Å². The van der Waals surface area contributed by atoms with Crippen LogP contribution in [-0.4, -0.2) is 36.2 Å². The van der Waals surface area contributed by atoms with Gasteiger partial charge in [-0.05, 0) is 36.9 Å². The molecule has 0 aromatic heterocycles. The molecule has 0 saturated carbocycles. The Morgan fingerprint density at radius 1 is 0.926 bits per heavy atom. The fourth-order valence-electron chi connectivity index (χ4n) is 3.04. The molecule has 0 radical (unpaired) electrons. The van der Waals surface area contributed by atoms with Crippen LogP contribution in [0.3, 0.4) is 0 Å². The number of amides is 2. The maximum Gasteiger partial charge on any atom is 0.405 e. The normalized spacial score (nSPS) is 11.8. The average molecular weight is 369 g/mol. The van der Waals surface area contributed by atoms with Crippen LogP contribution in [0.25, 0.3) is 0 Å². The maximum atomic E-state index is 12.6. The summed E-state index contributed by atoms with van der Waals surface area (Å²) in [4.78, 5) is 23.6. The molecule has 0 aliphatic heterocycles. The van der Waals surface area contributed by atoms with Gasteiger partial charge >= 0.3 is 6.09 Å². The first-order valence-electron chi connectivity index (χ1n) is 9.19. The summed E-state index contributed by atoms with van der Waals surface area (Å²) in [7, 11) is 0. The van der Waals surface area contributed by atoms with Crippen LogP contribution in [0.15, 0.2) is 60.7 Å². The second-order valence-corrected chi connectivity index (χ2v) is 6.41. The van der Waals surface area contributed by atoms with Gasteiger partial charge in [-0.3, -0.25) is 4.79 Å². The standard InChI is InChI=1S/C21H27N3O3/c22-14-8-7-13-19(24-21(26)27)20(25)23-15-18(16-9-3-1-4-10-16)17-11-5-2-6-12-17/h1-6,9-12,18-19,24H,7-8,13-15,22H2,(H,23,25)(H,26,27). The van der Waals surface area contributed by atoms with Gasteiger partial charge in [0.25, 0.3) is 0 Å². The molecule has 0 fully saturated rings. The Kier molecular flexibility index (Phi) is 8.32. The Labute approximate surface area is 159 Å². The smallest absolute Gasteiger partial charge is 0.405 e. The molecule has 0 aliphatic carbocycles. The van der Waals surface area contributed by atoms with Crippen LogP contribution in [0.2, 0.25) is 0 Å². The van der Waals surface area contributed by atoms with Crippen LogP contribution >= 0.6 is 0 Å². The molecule has 6 heteroatoms. The van der Waals surface area contributed by atoms with Gasteiger partial charge in [-0.15, -0.1) is 0 Å². The van der Waals surface area contributed by atoms with E-state index in [0.717, 1.165) is 17.5 Å². The van der Waals surface area contributed by atoms with Crippen LogP contribution in [0.5, 0.6) is 0 Å². The molecule has 2 aromatic rings. The average Bonchev–Trinajstić information content (AvgIpc) is 2.69. The number of unbranched alkanes of at least 4 members (excludes halogenated alkanes) is 1. The molecule has 1 unspecified atom stereocenters. The van der Waals surface area contributed by atoms with Crippen molar-refractivity contribution in [3.8, 4) is 0 Å². The minimum Gasteiger partial charge on any atom is -0.465 e. The zero-order valence-electron chi connectivity index (χ0n) is 15.3. The molecule has 27 heavy (non-hydrogen) atoms. The van der Waals surface area contributed by atoms with Gasteiger partial charge in [0.05, 0.1) is 0 Å². The number of rotatable bonds is 10. The van der Waals surface area contributed by atoms with Gasteiger partial charge in [0, 0.05) is 12.5 Å². The molecule has 2 amide bonds. The Morgan fingerprint density at radius 2 is 1.48 bits per heavy atom. The Hall–Kier alpha value is -2.86. The van der Waals surface area contributed by atoms with E-state index < -0.39 is 12.1 Å². The van der Waals surface area contributed by atoms with Crippen LogP contribution in [0.4, 0.5) is 4.79 Å². The molecular weight excluding hydrogens is 342 g/mol. The largest absolute Gasteiger partial charge is 0.465 e. The molecule has 1 atom stereocenters. The highest BCUT2D eigenvalue weighted by Crippen LogP contribution is 2.23. The Morgan fingerprint density at radius 3 is 1.96 bits per heavy atom. The second-order valence-electron chi connectivity index (χ2n) is 6.41. The number of nitrogens with two attached hydrogens (primary N) is 1. The lowest BCUT2D eigenvalue weighted by atomic mass is 9.91. The number of carbonyl (C=O) groups is 2. The summed E-state index contributed by atoms with van der Waals surface area (Å²) in [6.45, 7) is 0.910. The fourth-order valence-corrected chi connectivity index (χ4v) is 3.04. The lowest BCUT2D eigenvalue weighted by Crippen LogP contribution is -2.47. The third kappa shape index (κ3) is 6.75. The first kappa shape index (κ1) is 20.5.